The quantitative estimate of drug-likeness (QED) is 0.770. The van der Waals surface area contributed by atoms with Crippen molar-refractivity contribution < 1.29 is 0 Å². The van der Waals surface area contributed by atoms with E-state index in [9.17, 15) is 0 Å². The Morgan fingerprint density at radius 2 is 2.06 bits per heavy atom. The molecule has 92 valence electrons. The van der Waals surface area contributed by atoms with Crippen molar-refractivity contribution in [2.75, 3.05) is 31.6 Å². The van der Waals surface area contributed by atoms with Crippen LogP contribution in [0.4, 0.5) is 5.69 Å². The highest BCUT2D eigenvalue weighted by molar-refractivity contribution is 5.55. The van der Waals surface area contributed by atoms with E-state index in [1.165, 1.54) is 51.0 Å². The summed E-state index contributed by atoms with van der Waals surface area (Å²) >= 11 is 0. The van der Waals surface area contributed by atoms with Crippen LogP contribution in [0.1, 0.15) is 24.8 Å². The lowest BCUT2D eigenvalue weighted by Gasteiger charge is -2.35. The second kappa shape index (κ2) is 4.69. The average molecular weight is 230 g/mol. The van der Waals surface area contributed by atoms with Crippen molar-refractivity contribution in [1.29, 1.82) is 0 Å². The number of likely N-dealkylation sites (N-methyl/N-ethyl adjacent to an activating group) is 1. The summed E-state index contributed by atoms with van der Waals surface area (Å²) in [6, 6.07) is 9.70. The molecule has 0 amide bonds. The molecule has 0 unspecified atom stereocenters. The Morgan fingerprint density at radius 3 is 2.88 bits per heavy atom. The molecule has 2 aliphatic heterocycles. The molecule has 0 saturated carbocycles. The molecule has 0 N–H and O–H groups in total. The summed E-state index contributed by atoms with van der Waals surface area (Å²) in [6.45, 7) is 3.73. The molecular formula is C15H22N2. The van der Waals surface area contributed by atoms with Gasteiger partial charge < -0.3 is 9.80 Å². The van der Waals surface area contributed by atoms with E-state index in [-0.39, 0.29) is 0 Å². The number of likely N-dealkylation sites (tertiary alicyclic amines) is 1. The molecule has 2 heteroatoms. The molecule has 17 heavy (non-hydrogen) atoms. The fourth-order valence-corrected chi connectivity index (χ4v) is 3.27. The molecule has 1 aromatic rings. The molecule has 0 radical (unpaired) electrons. The molecule has 0 aromatic heterocycles. The summed E-state index contributed by atoms with van der Waals surface area (Å²) in [5.41, 5.74) is 3.03. The van der Waals surface area contributed by atoms with Crippen LogP contribution < -0.4 is 4.90 Å². The lowest BCUT2D eigenvalue weighted by molar-refractivity contribution is 0.310. The molecule has 3 rings (SSSR count). The SMILES string of the molecule is CN1CCC[C@H]1CN1CCCc2ccccc21. The van der Waals surface area contributed by atoms with E-state index in [0.29, 0.717) is 0 Å². The predicted octanol–water partition coefficient (Wildman–Crippen LogP) is 2.53. The van der Waals surface area contributed by atoms with Gasteiger partial charge in [-0.2, -0.15) is 0 Å². The van der Waals surface area contributed by atoms with Gasteiger partial charge in [-0.1, -0.05) is 18.2 Å². The summed E-state index contributed by atoms with van der Waals surface area (Å²) in [7, 11) is 2.27. The summed E-state index contributed by atoms with van der Waals surface area (Å²) in [4.78, 5) is 5.13. The third-order valence-electron chi connectivity index (χ3n) is 4.31. The highest BCUT2D eigenvalue weighted by Crippen LogP contribution is 2.28. The first kappa shape index (κ1) is 11.1. The van der Waals surface area contributed by atoms with Crippen molar-refractivity contribution in [1.82, 2.24) is 4.90 Å². The highest BCUT2D eigenvalue weighted by Gasteiger charge is 2.25. The fraction of sp³-hybridized carbons (Fsp3) is 0.600. The zero-order valence-corrected chi connectivity index (χ0v) is 10.7. The Hall–Kier alpha value is -1.02. The van der Waals surface area contributed by atoms with Crippen LogP contribution in [0.5, 0.6) is 0 Å². The van der Waals surface area contributed by atoms with E-state index < -0.39 is 0 Å². The fourth-order valence-electron chi connectivity index (χ4n) is 3.27. The minimum Gasteiger partial charge on any atom is -0.370 e. The van der Waals surface area contributed by atoms with Gasteiger partial charge in [-0.3, -0.25) is 0 Å². The van der Waals surface area contributed by atoms with Gasteiger partial charge in [-0.15, -0.1) is 0 Å². The molecule has 1 saturated heterocycles. The highest BCUT2D eigenvalue weighted by atomic mass is 15.2. The van der Waals surface area contributed by atoms with Gasteiger partial charge >= 0.3 is 0 Å². The lowest BCUT2D eigenvalue weighted by Crippen LogP contribution is -2.40. The molecular weight excluding hydrogens is 208 g/mol. The van der Waals surface area contributed by atoms with Crippen LogP contribution in [0, 0.1) is 0 Å². The molecule has 1 atom stereocenters. The predicted molar refractivity (Wildman–Crippen MR) is 72.6 cm³/mol. The van der Waals surface area contributed by atoms with Gasteiger partial charge in [0.15, 0.2) is 0 Å². The Morgan fingerprint density at radius 1 is 1.18 bits per heavy atom. The maximum absolute atomic E-state index is 2.60. The van der Waals surface area contributed by atoms with Gasteiger partial charge in [0.1, 0.15) is 0 Å². The number of fused-ring (bicyclic) bond motifs is 1. The summed E-state index contributed by atoms with van der Waals surface area (Å²) in [5, 5.41) is 0. The Bertz CT molecular complexity index is 388. The number of hydrogen-bond acceptors (Lipinski definition) is 2. The number of hydrogen-bond donors (Lipinski definition) is 0. The Balaban J connectivity index is 1.76. The summed E-state index contributed by atoms with van der Waals surface area (Å²) < 4.78 is 0. The Kier molecular flexibility index (Phi) is 3.06. The van der Waals surface area contributed by atoms with Gasteiger partial charge in [-0.25, -0.2) is 0 Å². The smallest absolute Gasteiger partial charge is 0.0399 e. The molecule has 1 aromatic carbocycles. The van der Waals surface area contributed by atoms with Crippen LogP contribution in [0.3, 0.4) is 0 Å². The Labute approximate surface area is 104 Å². The largest absolute Gasteiger partial charge is 0.370 e. The van der Waals surface area contributed by atoms with E-state index >= 15 is 0 Å². The third kappa shape index (κ3) is 2.19. The second-order valence-electron chi connectivity index (χ2n) is 5.45. The number of aryl methyl sites for hydroxylation is 1. The first-order valence-electron chi connectivity index (χ1n) is 6.88. The number of para-hydroxylation sites is 1. The monoisotopic (exact) mass is 230 g/mol. The average Bonchev–Trinajstić information content (AvgIpc) is 2.76. The minimum atomic E-state index is 0.765. The summed E-state index contributed by atoms with van der Waals surface area (Å²) in [5.74, 6) is 0. The third-order valence-corrected chi connectivity index (χ3v) is 4.31. The van der Waals surface area contributed by atoms with Crippen molar-refractivity contribution in [2.24, 2.45) is 0 Å². The molecule has 0 aliphatic carbocycles. The van der Waals surface area contributed by atoms with Crippen LogP contribution in [0.2, 0.25) is 0 Å². The first-order chi connectivity index (χ1) is 8.34. The van der Waals surface area contributed by atoms with E-state index in [1.54, 1.807) is 5.56 Å². The van der Waals surface area contributed by atoms with Crippen molar-refractivity contribution in [3.05, 3.63) is 29.8 Å². The normalized spacial score (nSPS) is 25.0. The van der Waals surface area contributed by atoms with Gasteiger partial charge in [-0.05, 0) is 50.9 Å². The van der Waals surface area contributed by atoms with E-state index in [4.69, 9.17) is 0 Å². The first-order valence-corrected chi connectivity index (χ1v) is 6.88. The molecule has 0 spiro atoms. The van der Waals surface area contributed by atoms with Crippen molar-refractivity contribution in [2.45, 2.75) is 31.7 Å². The minimum absolute atomic E-state index is 0.765. The lowest BCUT2D eigenvalue weighted by atomic mass is 10.0. The number of benzene rings is 1. The van der Waals surface area contributed by atoms with Crippen LogP contribution >= 0.6 is 0 Å². The second-order valence-corrected chi connectivity index (χ2v) is 5.45. The van der Waals surface area contributed by atoms with Gasteiger partial charge in [0.25, 0.3) is 0 Å². The number of anilines is 1. The van der Waals surface area contributed by atoms with Crippen LogP contribution in [0.15, 0.2) is 24.3 Å². The zero-order chi connectivity index (χ0) is 11.7. The van der Waals surface area contributed by atoms with E-state index in [2.05, 4.69) is 41.1 Å². The summed E-state index contributed by atoms with van der Waals surface area (Å²) in [6.07, 6.45) is 5.31. The van der Waals surface area contributed by atoms with Crippen LogP contribution in [0.25, 0.3) is 0 Å². The van der Waals surface area contributed by atoms with Crippen LogP contribution in [-0.2, 0) is 6.42 Å². The standard InChI is InChI=1S/C15H22N2/c1-16-10-5-8-14(16)12-17-11-4-7-13-6-2-3-9-15(13)17/h2-3,6,9,14H,4-5,7-8,10-12H2,1H3/t14-/m0/s1. The van der Waals surface area contributed by atoms with Crippen molar-refractivity contribution in [3.63, 3.8) is 0 Å². The number of rotatable bonds is 2. The molecule has 2 aliphatic rings. The van der Waals surface area contributed by atoms with Crippen molar-refractivity contribution in [3.8, 4) is 0 Å². The van der Waals surface area contributed by atoms with E-state index in [0.717, 1.165) is 6.04 Å². The van der Waals surface area contributed by atoms with Crippen LogP contribution in [-0.4, -0.2) is 37.6 Å². The van der Waals surface area contributed by atoms with Gasteiger partial charge in [0, 0.05) is 24.8 Å². The molecule has 0 bridgehead atoms. The van der Waals surface area contributed by atoms with Crippen molar-refractivity contribution >= 4 is 5.69 Å². The van der Waals surface area contributed by atoms with Gasteiger partial charge in [0.05, 0.1) is 0 Å². The molecule has 2 nitrogen and oxygen atoms in total. The molecule has 2 heterocycles. The zero-order valence-electron chi connectivity index (χ0n) is 10.7. The van der Waals surface area contributed by atoms with E-state index in [1.807, 2.05) is 0 Å². The number of nitrogens with zero attached hydrogens (tertiary/aromatic N) is 2. The van der Waals surface area contributed by atoms with Gasteiger partial charge in [0.2, 0.25) is 0 Å². The maximum Gasteiger partial charge on any atom is 0.0399 e. The molecule has 1 fully saturated rings. The maximum atomic E-state index is 2.60. The topological polar surface area (TPSA) is 6.48 Å².